The van der Waals surface area contributed by atoms with Crippen molar-refractivity contribution in [2.24, 2.45) is 0 Å². The first-order valence-electron chi connectivity index (χ1n) is 7.69. The van der Waals surface area contributed by atoms with Crippen LogP contribution in [-0.4, -0.2) is 40.3 Å². The van der Waals surface area contributed by atoms with E-state index < -0.39 is 5.60 Å². The van der Waals surface area contributed by atoms with Crippen LogP contribution in [-0.2, 0) is 5.60 Å². The first kappa shape index (κ1) is 15.5. The first-order valence-corrected chi connectivity index (χ1v) is 7.69. The molecule has 1 aliphatic rings. The lowest BCUT2D eigenvalue weighted by atomic mass is 9.91. The van der Waals surface area contributed by atoms with Crippen molar-refractivity contribution in [3.05, 3.63) is 35.9 Å². The smallest absolute Gasteiger partial charge is 0.0994 e. The minimum atomic E-state index is -0.838. The van der Waals surface area contributed by atoms with Crippen LogP contribution in [0.3, 0.4) is 0 Å². The SMILES string of the molecule is CC(O)CC1CCCCN1CC(C)(O)c1ccccc1. The summed E-state index contributed by atoms with van der Waals surface area (Å²) in [4.78, 5) is 2.35. The fraction of sp³-hybridized carbons (Fsp3) is 0.647. The summed E-state index contributed by atoms with van der Waals surface area (Å²) >= 11 is 0. The van der Waals surface area contributed by atoms with Crippen LogP contribution in [0, 0.1) is 0 Å². The molecule has 1 saturated heterocycles. The van der Waals surface area contributed by atoms with E-state index >= 15 is 0 Å². The number of benzene rings is 1. The predicted octanol–water partition coefficient (Wildman–Crippen LogP) is 2.52. The molecule has 112 valence electrons. The second-order valence-electron chi connectivity index (χ2n) is 6.34. The third-order valence-electron chi connectivity index (χ3n) is 4.27. The lowest BCUT2D eigenvalue weighted by molar-refractivity contribution is -0.0160. The number of nitrogens with zero attached hydrogens (tertiary/aromatic N) is 1. The number of hydrogen-bond acceptors (Lipinski definition) is 3. The zero-order chi connectivity index (χ0) is 14.6. The Kier molecular flexibility index (Phi) is 5.19. The van der Waals surface area contributed by atoms with Gasteiger partial charge in [-0.1, -0.05) is 36.8 Å². The molecule has 1 fully saturated rings. The van der Waals surface area contributed by atoms with Gasteiger partial charge in [0.05, 0.1) is 11.7 Å². The van der Waals surface area contributed by atoms with E-state index in [1.807, 2.05) is 44.2 Å². The number of piperidine rings is 1. The maximum atomic E-state index is 10.8. The van der Waals surface area contributed by atoms with E-state index in [2.05, 4.69) is 4.90 Å². The normalized spacial score (nSPS) is 25.1. The van der Waals surface area contributed by atoms with Crippen LogP contribution >= 0.6 is 0 Å². The highest BCUT2D eigenvalue weighted by molar-refractivity contribution is 5.21. The molecule has 3 nitrogen and oxygen atoms in total. The molecular weight excluding hydrogens is 250 g/mol. The second-order valence-corrected chi connectivity index (χ2v) is 6.34. The van der Waals surface area contributed by atoms with Crippen molar-refractivity contribution in [1.29, 1.82) is 0 Å². The average Bonchev–Trinajstić information content (AvgIpc) is 2.41. The first-order chi connectivity index (χ1) is 9.49. The summed E-state index contributed by atoms with van der Waals surface area (Å²) in [6.07, 6.45) is 4.05. The Morgan fingerprint density at radius 2 is 2.00 bits per heavy atom. The third kappa shape index (κ3) is 4.05. The Hall–Kier alpha value is -0.900. The molecule has 20 heavy (non-hydrogen) atoms. The quantitative estimate of drug-likeness (QED) is 0.869. The molecule has 3 heteroatoms. The Morgan fingerprint density at radius 1 is 1.30 bits per heavy atom. The van der Waals surface area contributed by atoms with Gasteiger partial charge in [-0.25, -0.2) is 0 Å². The molecule has 3 atom stereocenters. The van der Waals surface area contributed by atoms with Gasteiger partial charge in [-0.05, 0) is 45.2 Å². The number of aliphatic hydroxyl groups is 2. The Labute approximate surface area is 122 Å². The monoisotopic (exact) mass is 277 g/mol. The number of hydrogen-bond donors (Lipinski definition) is 2. The summed E-state index contributed by atoms with van der Waals surface area (Å²) in [5.74, 6) is 0. The molecule has 0 saturated carbocycles. The van der Waals surface area contributed by atoms with Crippen LogP contribution < -0.4 is 0 Å². The summed E-state index contributed by atoms with van der Waals surface area (Å²) in [5.41, 5.74) is 0.122. The molecule has 2 N–H and O–H groups in total. The standard InChI is InChI=1S/C17H27NO2/c1-14(19)12-16-10-6-7-11-18(16)13-17(2,20)15-8-4-3-5-9-15/h3-5,8-9,14,16,19-20H,6-7,10-13H2,1-2H3. The number of aliphatic hydroxyl groups excluding tert-OH is 1. The summed E-state index contributed by atoms with van der Waals surface area (Å²) in [7, 11) is 0. The van der Waals surface area contributed by atoms with Crippen LogP contribution in [0.15, 0.2) is 30.3 Å². The molecule has 0 radical (unpaired) electrons. The van der Waals surface area contributed by atoms with Gasteiger partial charge in [0.15, 0.2) is 0 Å². The van der Waals surface area contributed by atoms with Crippen LogP contribution in [0.1, 0.15) is 45.1 Å². The lowest BCUT2D eigenvalue weighted by Gasteiger charge is -2.40. The molecule has 2 rings (SSSR count). The fourth-order valence-electron chi connectivity index (χ4n) is 3.21. The van der Waals surface area contributed by atoms with Crippen LogP contribution in [0.25, 0.3) is 0 Å². The largest absolute Gasteiger partial charge is 0.393 e. The van der Waals surface area contributed by atoms with E-state index in [0.717, 1.165) is 24.9 Å². The van der Waals surface area contributed by atoms with Gasteiger partial charge in [-0.15, -0.1) is 0 Å². The van der Waals surface area contributed by atoms with Crippen LogP contribution in [0.2, 0.25) is 0 Å². The van der Waals surface area contributed by atoms with Gasteiger partial charge < -0.3 is 10.2 Å². The topological polar surface area (TPSA) is 43.7 Å². The van der Waals surface area contributed by atoms with Crippen LogP contribution in [0.5, 0.6) is 0 Å². The summed E-state index contributed by atoms with van der Waals surface area (Å²) < 4.78 is 0. The highest BCUT2D eigenvalue weighted by Gasteiger charge is 2.31. The minimum absolute atomic E-state index is 0.276. The predicted molar refractivity (Wildman–Crippen MR) is 81.5 cm³/mol. The van der Waals surface area contributed by atoms with Crippen molar-refractivity contribution in [2.75, 3.05) is 13.1 Å². The molecule has 1 aromatic rings. The molecule has 1 aromatic carbocycles. The van der Waals surface area contributed by atoms with E-state index in [4.69, 9.17) is 0 Å². The molecule has 3 unspecified atom stereocenters. The van der Waals surface area contributed by atoms with E-state index in [0.29, 0.717) is 12.6 Å². The molecule has 0 aromatic heterocycles. The zero-order valence-electron chi connectivity index (χ0n) is 12.6. The molecule has 0 aliphatic carbocycles. The Balaban J connectivity index is 2.06. The van der Waals surface area contributed by atoms with Crippen molar-refractivity contribution in [2.45, 2.75) is 57.3 Å². The number of likely N-dealkylation sites (tertiary alicyclic amines) is 1. The van der Waals surface area contributed by atoms with Gasteiger partial charge in [-0.3, -0.25) is 4.90 Å². The van der Waals surface area contributed by atoms with Crippen molar-refractivity contribution < 1.29 is 10.2 Å². The number of rotatable bonds is 5. The Morgan fingerprint density at radius 3 is 2.65 bits per heavy atom. The third-order valence-corrected chi connectivity index (χ3v) is 4.27. The van der Waals surface area contributed by atoms with E-state index in [1.54, 1.807) is 0 Å². The summed E-state index contributed by atoms with van der Waals surface area (Å²) in [6.45, 7) is 5.38. The van der Waals surface area contributed by atoms with Gasteiger partial charge in [0.25, 0.3) is 0 Å². The molecule has 0 bridgehead atoms. The average molecular weight is 277 g/mol. The van der Waals surface area contributed by atoms with E-state index in [1.165, 1.54) is 12.8 Å². The highest BCUT2D eigenvalue weighted by Crippen LogP contribution is 2.27. The van der Waals surface area contributed by atoms with Crippen molar-refractivity contribution in [3.63, 3.8) is 0 Å². The van der Waals surface area contributed by atoms with Gasteiger partial charge in [0.1, 0.15) is 0 Å². The van der Waals surface area contributed by atoms with Crippen LogP contribution in [0.4, 0.5) is 0 Å². The molecule has 1 heterocycles. The molecule has 1 aliphatic heterocycles. The van der Waals surface area contributed by atoms with Gasteiger partial charge in [0.2, 0.25) is 0 Å². The summed E-state index contributed by atoms with van der Waals surface area (Å²) in [5, 5.41) is 20.4. The fourth-order valence-corrected chi connectivity index (χ4v) is 3.21. The molecular formula is C17H27NO2. The molecule has 0 amide bonds. The second kappa shape index (κ2) is 6.70. The minimum Gasteiger partial charge on any atom is -0.393 e. The van der Waals surface area contributed by atoms with E-state index in [-0.39, 0.29) is 6.10 Å². The molecule has 0 spiro atoms. The van der Waals surface area contributed by atoms with E-state index in [9.17, 15) is 10.2 Å². The maximum Gasteiger partial charge on any atom is 0.0994 e. The maximum absolute atomic E-state index is 10.8. The van der Waals surface area contributed by atoms with Crippen molar-refractivity contribution in [3.8, 4) is 0 Å². The zero-order valence-corrected chi connectivity index (χ0v) is 12.6. The van der Waals surface area contributed by atoms with Crippen molar-refractivity contribution in [1.82, 2.24) is 4.90 Å². The number of β-amino-alcohol motifs (C(OH)–C–C–N with tert-alkyl or cyclic N) is 1. The van der Waals surface area contributed by atoms with Gasteiger partial charge in [-0.2, -0.15) is 0 Å². The van der Waals surface area contributed by atoms with Gasteiger partial charge >= 0.3 is 0 Å². The lowest BCUT2D eigenvalue weighted by Crippen LogP contribution is -2.47. The van der Waals surface area contributed by atoms with Crippen molar-refractivity contribution >= 4 is 0 Å². The highest BCUT2D eigenvalue weighted by atomic mass is 16.3. The summed E-state index contributed by atoms with van der Waals surface area (Å²) in [6, 6.07) is 10.2. The van der Waals surface area contributed by atoms with Gasteiger partial charge in [0, 0.05) is 12.6 Å². The Bertz CT molecular complexity index is 403.